The molecule has 2 unspecified atom stereocenters. The SMILES string of the molecule is CC(=O)c1cc(C)c(C(O)C(O)CN=[N+]=[N-])cc1O. The molecular formula is C12H15N3O4. The van der Waals surface area contributed by atoms with Crippen LogP contribution in [0.4, 0.5) is 0 Å². The van der Waals surface area contributed by atoms with Gasteiger partial charge in [0.1, 0.15) is 11.9 Å². The third kappa shape index (κ3) is 3.45. The molecule has 1 aromatic rings. The fourth-order valence-corrected chi connectivity index (χ4v) is 1.74. The molecular weight excluding hydrogens is 250 g/mol. The van der Waals surface area contributed by atoms with E-state index in [0.717, 1.165) is 0 Å². The predicted molar refractivity (Wildman–Crippen MR) is 67.8 cm³/mol. The molecule has 2 atom stereocenters. The number of carbonyl (C=O) groups is 1. The van der Waals surface area contributed by atoms with Gasteiger partial charge in [-0.2, -0.15) is 0 Å². The van der Waals surface area contributed by atoms with Gasteiger partial charge in [-0.05, 0) is 42.6 Å². The van der Waals surface area contributed by atoms with Crippen molar-refractivity contribution in [2.45, 2.75) is 26.1 Å². The number of hydrogen-bond donors (Lipinski definition) is 3. The minimum absolute atomic E-state index is 0.151. The van der Waals surface area contributed by atoms with Crippen molar-refractivity contribution in [2.24, 2.45) is 5.11 Å². The summed E-state index contributed by atoms with van der Waals surface area (Å²) in [6, 6.07) is 2.67. The lowest BCUT2D eigenvalue weighted by Gasteiger charge is -2.19. The summed E-state index contributed by atoms with van der Waals surface area (Å²) in [4.78, 5) is 13.7. The number of ketones is 1. The van der Waals surface area contributed by atoms with E-state index in [0.29, 0.717) is 5.56 Å². The van der Waals surface area contributed by atoms with Gasteiger partial charge in [0.05, 0.1) is 18.2 Å². The van der Waals surface area contributed by atoms with E-state index in [2.05, 4.69) is 10.0 Å². The van der Waals surface area contributed by atoms with Crippen molar-refractivity contribution in [1.82, 2.24) is 0 Å². The zero-order valence-corrected chi connectivity index (χ0v) is 10.6. The van der Waals surface area contributed by atoms with Gasteiger partial charge in [0, 0.05) is 4.91 Å². The lowest BCUT2D eigenvalue weighted by atomic mass is 9.95. The number of rotatable bonds is 5. The maximum atomic E-state index is 11.2. The largest absolute Gasteiger partial charge is 0.507 e. The summed E-state index contributed by atoms with van der Waals surface area (Å²) in [5.74, 6) is -0.556. The second-order valence-electron chi connectivity index (χ2n) is 4.21. The number of benzene rings is 1. The number of azide groups is 1. The van der Waals surface area contributed by atoms with Gasteiger partial charge in [-0.3, -0.25) is 4.79 Å². The number of phenols is 1. The monoisotopic (exact) mass is 265 g/mol. The Bertz CT molecular complexity index is 538. The van der Waals surface area contributed by atoms with Crippen LogP contribution in [0.1, 0.15) is 34.5 Å². The van der Waals surface area contributed by atoms with Gasteiger partial charge >= 0.3 is 0 Å². The number of aliphatic hydroxyl groups is 2. The predicted octanol–water partition coefficient (Wildman–Crippen LogP) is 1.61. The first-order valence-electron chi connectivity index (χ1n) is 5.60. The van der Waals surface area contributed by atoms with Gasteiger partial charge in [0.15, 0.2) is 5.78 Å². The Morgan fingerprint density at radius 3 is 2.63 bits per heavy atom. The second kappa shape index (κ2) is 6.19. The van der Waals surface area contributed by atoms with E-state index in [1.807, 2.05) is 0 Å². The molecule has 0 spiro atoms. The van der Waals surface area contributed by atoms with Gasteiger partial charge in [-0.15, -0.1) is 0 Å². The fraction of sp³-hybridized carbons (Fsp3) is 0.417. The van der Waals surface area contributed by atoms with Crippen LogP contribution in [0, 0.1) is 6.92 Å². The maximum Gasteiger partial charge on any atom is 0.163 e. The first-order chi connectivity index (χ1) is 8.88. The number of aromatic hydroxyl groups is 1. The lowest BCUT2D eigenvalue weighted by Crippen LogP contribution is -2.22. The Balaban J connectivity index is 3.10. The van der Waals surface area contributed by atoms with E-state index in [4.69, 9.17) is 5.53 Å². The number of nitrogens with zero attached hydrogens (tertiary/aromatic N) is 3. The van der Waals surface area contributed by atoms with E-state index < -0.39 is 12.2 Å². The average molecular weight is 265 g/mol. The highest BCUT2D eigenvalue weighted by molar-refractivity contribution is 5.97. The van der Waals surface area contributed by atoms with Crippen LogP contribution in [-0.4, -0.2) is 33.8 Å². The van der Waals surface area contributed by atoms with Crippen molar-refractivity contribution in [3.63, 3.8) is 0 Å². The zero-order valence-electron chi connectivity index (χ0n) is 10.6. The molecule has 0 heterocycles. The number of aryl methyl sites for hydroxylation is 1. The van der Waals surface area contributed by atoms with E-state index in [-0.39, 0.29) is 29.2 Å². The van der Waals surface area contributed by atoms with E-state index in [1.165, 1.54) is 19.1 Å². The summed E-state index contributed by atoms with van der Waals surface area (Å²) in [5.41, 5.74) is 9.13. The summed E-state index contributed by atoms with van der Waals surface area (Å²) in [6.07, 6.45) is -2.59. The molecule has 7 heteroatoms. The van der Waals surface area contributed by atoms with Gasteiger partial charge < -0.3 is 15.3 Å². The molecule has 0 aliphatic rings. The highest BCUT2D eigenvalue weighted by Gasteiger charge is 2.21. The third-order valence-corrected chi connectivity index (χ3v) is 2.78. The summed E-state index contributed by atoms with van der Waals surface area (Å²) in [5, 5.41) is 32.4. The molecule has 1 aromatic carbocycles. The van der Waals surface area contributed by atoms with Crippen molar-refractivity contribution in [1.29, 1.82) is 0 Å². The first kappa shape index (κ1) is 15.0. The highest BCUT2D eigenvalue weighted by Crippen LogP contribution is 2.28. The van der Waals surface area contributed by atoms with E-state index >= 15 is 0 Å². The minimum atomic E-state index is -1.31. The van der Waals surface area contributed by atoms with Gasteiger partial charge in [0.2, 0.25) is 0 Å². The molecule has 0 aromatic heterocycles. The average Bonchev–Trinajstić information content (AvgIpc) is 2.36. The van der Waals surface area contributed by atoms with Gasteiger partial charge in [-0.1, -0.05) is 5.11 Å². The van der Waals surface area contributed by atoms with Crippen LogP contribution in [0.3, 0.4) is 0 Å². The topological polar surface area (TPSA) is 127 Å². The summed E-state index contributed by atoms with van der Waals surface area (Å²) < 4.78 is 0. The standard InChI is InChI=1S/C12H15N3O4/c1-6-3-9(7(2)16)10(17)4-8(6)12(19)11(18)5-14-15-13/h3-4,11-12,17-19H,5H2,1-2H3. The Labute approximate surface area is 109 Å². The Kier molecular flexibility index (Phi) is 4.88. The number of carbonyl (C=O) groups excluding carboxylic acids is 1. The van der Waals surface area contributed by atoms with Crippen molar-refractivity contribution in [3.05, 3.63) is 39.3 Å². The van der Waals surface area contributed by atoms with Crippen LogP contribution < -0.4 is 0 Å². The van der Waals surface area contributed by atoms with Crippen LogP contribution in [0.5, 0.6) is 5.75 Å². The number of Topliss-reactive ketones (excluding diaryl/α,β-unsaturated/α-hetero) is 1. The van der Waals surface area contributed by atoms with Crippen LogP contribution in [-0.2, 0) is 0 Å². The Morgan fingerprint density at radius 1 is 1.47 bits per heavy atom. The quantitative estimate of drug-likeness (QED) is 0.323. The zero-order chi connectivity index (χ0) is 14.6. The van der Waals surface area contributed by atoms with Crippen molar-refractivity contribution < 1.29 is 20.1 Å². The van der Waals surface area contributed by atoms with Gasteiger partial charge in [0.25, 0.3) is 0 Å². The highest BCUT2D eigenvalue weighted by atomic mass is 16.3. The van der Waals surface area contributed by atoms with Crippen LogP contribution in [0.15, 0.2) is 17.2 Å². The minimum Gasteiger partial charge on any atom is -0.507 e. The molecule has 3 N–H and O–H groups in total. The van der Waals surface area contributed by atoms with Crippen LogP contribution >= 0.6 is 0 Å². The smallest absolute Gasteiger partial charge is 0.163 e. The Morgan fingerprint density at radius 2 is 2.11 bits per heavy atom. The second-order valence-corrected chi connectivity index (χ2v) is 4.21. The molecule has 0 radical (unpaired) electrons. The van der Waals surface area contributed by atoms with Gasteiger partial charge in [-0.25, -0.2) is 0 Å². The molecule has 0 amide bonds. The van der Waals surface area contributed by atoms with E-state index in [9.17, 15) is 20.1 Å². The molecule has 0 fully saturated rings. The number of aliphatic hydroxyl groups excluding tert-OH is 2. The Hall–Kier alpha value is -2.08. The molecule has 0 bridgehead atoms. The molecule has 19 heavy (non-hydrogen) atoms. The molecule has 7 nitrogen and oxygen atoms in total. The summed E-state index contributed by atoms with van der Waals surface area (Å²) in [7, 11) is 0. The summed E-state index contributed by atoms with van der Waals surface area (Å²) >= 11 is 0. The van der Waals surface area contributed by atoms with E-state index in [1.54, 1.807) is 6.92 Å². The molecule has 0 saturated heterocycles. The number of phenolic OH excluding ortho intramolecular Hbond substituents is 1. The first-order valence-corrected chi connectivity index (χ1v) is 5.60. The maximum absolute atomic E-state index is 11.2. The molecule has 102 valence electrons. The fourth-order valence-electron chi connectivity index (χ4n) is 1.74. The van der Waals surface area contributed by atoms with Crippen molar-refractivity contribution in [2.75, 3.05) is 6.54 Å². The molecule has 0 aliphatic carbocycles. The van der Waals surface area contributed by atoms with Crippen molar-refractivity contribution in [3.8, 4) is 5.75 Å². The van der Waals surface area contributed by atoms with Crippen molar-refractivity contribution >= 4 is 5.78 Å². The summed E-state index contributed by atoms with van der Waals surface area (Å²) in [6.45, 7) is 2.68. The molecule has 0 saturated carbocycles. The number of hydrogen-bond acceptors (Lipinski definition) is 5. The third-order valence-electron chi connectivity index (χ3n) is 2.78. The molecule has 0 aliphatic heterocycles. The lowest BCUT2D eigenvalue weighted by molar-refractivity contribution is 0.0239. The van der Waals surface area contributed by atoms with Crippen LogP contribution in [0.2, 0.25) is 0 Å². The normalized spacial score (nSPS) is 13.5. The van der Waals surface area contributed by atoms with Crippen LogP contribution in [0.25, 0.3) is 10.4 Å². The molecule has 1 rings (SSSR count).